The summed E-state index contributed by atoms with van der Waals surface area (Å²) in [5.74, 6) is 0.307. The summed E-state index contributed by atoms with van der Waals surface area (Å²) in [6, 6.07) is 11.7. The van der Waals surface area contributed by atoms with Crippen LogP contribution in [0.1, 0.15) is 21.7 Å². The van der Waals surface area contributed by atoms with E-state index in [4.69, 9.17) is 9.15 Å². The Morgan fingerprint density at radius 2 is 2.00 bits per heavy atom. The minimum absolute atomic E-state index is 0.125. The Hall–Kier alpha value is -3.72. The van der Waals surface area contributed by atoms with Crippen LogP contribution >= 0.6 is 0 Å². The molecule has 0 aliphatic carbocycles. The molecule has 1 fully saturated rings. The number of hydrogen-bond donors (Lipinski definition) is 0. The van der Waals surface area contributed by atoms with E-state index in [-0.39, 0.29) is 23.7 Å². The second-order valence-corrected chi connectivity index (χ2v) is 7.16. The highest BCUT2D eigenvalue weighted by atomic mass is 16.6. The van der Waals surface area contributed by atoms with Gasteiger partial charge in [-0.2, -0.15) is 0 Å². The van der Waals surface area contributed by atoms with Crippen molar-refractivity contribution in [2.45, 2.75) is 13.1 Å². The minimum atomic E-state index is -0.488. The van der Waals surface area contributed by atoms with Gasteiger partial charge in [-0.3, -0.25) is 19.9 Å². The van der Waals surface area contributed by atoms with Gasteiger partial charge in [-0.15, -0.1) is 0 Å². The van der Waals surface area contributed by atoms with Crippen molar-refractivity contribution in [1.29, 1.82) is 0 Å². The number of morpholine rings is 1. The van der Waals surface area contributed by atoms with E-state index in [2.05, 4.69) is 4.98 Å². The molecule has 1 aliphatic heterocycles. The van der Waals surface area contributed by atoms with Crippen LogP contribution in [-0.4, -0.2) is 47.0 Å². The lowest BCUT2D eigenvalue weighted by Gasteiger charge is -2.31. The zero-order valence-electron chi connectivity index (χ0n) is 16.8. The lowest BCUT2D eigenvalue weighted by atomic mass is 10.1. The summed E-state index contributed by atoms with van der Waals surface area (Å²) in [6.45, 7) is 2.81. The highest BCUT2D eigenvalue weighted by molar-refractivity contribution is 6.00. The molecule has 3 aromatic rings. The number of hydrogen-bond acceptors (Lipinski definition) is 7. The Balaban J connectivity index is 1.71. The zero-order chi connectivity index (χ0) is 21.6. The third kappa shape index (κ3) is 4.89. The van der Waals surface area contributed by atoms with Crippen LogP contribution in [0, 0.1) is 10.1 Å². The number of ether oxygens (including phenoxy) is 1. The minimum Gasteiger partial charge on any atom is -0.467 e. The fraction of sp³-hybridized carbons (Fsp3) is 0.273. The number of carbonyl (C=O) groups excluding carboxylic acids is 1. The van der Waals surface area contributed by atoms with Gasteiger partial charge in [0.2, 0.25) is 0 Å². The monoisotopic (exact) mass is 422 g/mol. The maximum Gasteiger partial charge on any atom is 0.270 e. The zero-order valence-corrected chi connectivity index (χ0v) is 16.8. The number of nitrogens with zero attached hydrogens (tertiary/aromatic N) is 4. The summed E-state index contributed by atoms with van der Waals surface area (Å²) in [6.07, 6.45) is 4.91. The largest absolute Gasteiger partial charge is 0.467 e. The van der Waals surface area contributed by atoms with Gasteiger partial charge < -0.3 is 19.0 Å². The van der Waals surface area contributed by atoms with Gasteiger partial charge in [0.1, 0.15) is 5.76 Å². The van der Waals surface area contributed by atoms with Crippen LogP contribution in [0.5, 0.6) is 0 Å². The number of aromatic nitrogens is 1. The molecule has 0 unspecified atom stereocenters. The summed E-state index contributed by atoms with van der Waals surface area (Å²) in [5.41, 5.74) is 1.67. The Morgan fingerprint density at radius 1 is 1.16 bits per heavy atom. The van der Waals surface area contributed by atoms with E-state index in [0.29, 0.717) is 44.3 Å². The topological polar surface area (TPSA) is 102 Å². The van der Waals surface area contributed by atoms with E-state index >= 15 is 0 Å². The second-order valence-electron chi connectivity index (χ2n) is 7.16. The number of nitro groups is 1. The fourth-order valence-corrected chi connectivity index (χ4v) is 3.56. The number of rotatable bonds is 7. The molecule has 1 aromatic carbocycles. The average Bonchev–Trinajstić information content (AvgIpc) is 3.32. The van der Waals surface area contributed by atoms with Gasteiger partial charge in [-0.1, -0.05) is 6.07 Å². The van der Waals surface area contributed by atoms with Crippen molar-refractivity contribution in [1.82, 2.24) is 9.88 Å². The predicted octanol–water partition coefficient (Wildman–Crippen LogP) is 3.26. The van der Waals surface area contributed by atoms with E-state index in [1.807, 2.05) is 11.0 Å². The number of benzene rings is 1. The first-order valence-electron chi connectivity index (χ1n) is 9.93. The Bertz CT molecular complexity index is 1030. The first-order chi connectivity index (χ1) is 15.1. The molecule has 0 radical (unpaired) electrons. The highest BCUT2D eigenvalue weighted by Crippen LogP contribution is 2.28. The third-order valence-electron chi connectivity index (χ3n) is 5.08. The molecule has 4 rings (SSSR count). The molecule has 9 heteroatoms. The van der Waals surface area contributed by atoms with E-state index in [0.717, 1.165) is 5.56 Å². The van der Waals surface area contributed by atoms with Crippen LogP contribution in [0.4, 0.5) is 11.4 Å². The number of furan rings is 1. The molecule has 9 nitrogen and oxygen atoms in total. The van der Waals surface area contributed by atoms with Crippen LogP contribution in [0.25, 0.3) is 0 Å². The quantitative estimate of drug-likeness (QED) is 0.425. The number of anilines is 1. The summed E-state index contributed by atoms with van der Waals surface area (Å²) in [4.78, 5) is 32.4. The van der Waals surface area contributed by atoms with Crippen molar-refractivity contribution in [3.8, 4) is 0 Å². The van der Waals surface area contributed by atoms with Gasteiger partial charge in [0, 0.05) is 44.2 Å². The first kappa shape index (κ1) is 20.5. The van der Waals surface area contributed by atoms with Crippen molar-refractivity contribution in [3.63, 3.8) is 0 Å². The Kier molecular flexibility index (Phi) is 6.23. The van der Waals surface area contributed by atoms with Gasteiger partial charge in [0.15, 0.2) is 0 Å². The molecular weight excluding hydrogens is 400 g/mol. The van der Waals surface area contributed by atoms with E-state index in [1.165, 1.54) is 12.1 Å². The number of amides is 1. The van der Waals surface area contributed by atoms with Crippen LogP contribution in [0.15, 0.2) is 65.5 Å². The molecule has 1 saturated heterocycles. The van der Waals surface area contributed by atoms with Gasteiger partial charge in [-0.25, -0.2) is 0 Å². The normalized spacial score (nSPS) is 13.7. The maximum atomic E-state index is 13.7. The number of pyridine rings is 1. The van der Waals surface area contributed by atoms with Gasteiger partial charge in [-0.05, 0) is 29.8 Å². The molecule has 2 aromatic heterocycles. The van der Waals surface area contributed by atoms with Gasteiger partial charge in [0.25, 0.3) is 11.6 Å². The van der Waals surface area contributed by atoms with Crippen molar-refractivity contribution in [2.75, 3.05) is 31.2 Å². The molecule has 3 heterocycles. The molecule has 31 heavy (non-hydrogen) atoms. The molecule has 1 aliphatic rings. The summed E-state index contributed by atoms with van der Waals surface area (Å²) >= 11 is 0. The number of nitro benzene ring substituents is 1. The van der Waals surface area contributed by atoms with Crippen molar-refractivity contribution < 1.29 is 18.9 Å². The second kappa shape index (κ2) is 9.40. The van der Waals surface area contributed by atoms with Crippen LogP contribution < -0.4 is 4.90 Å². The first-order valence-corrected chi connectivity index (χ1v) is 9.93. The van der Waals surface area contributed by atoms with Crippen molar-refractivity contribution in [2.24, 2.45) is 0 Å². The molecular formula is C22H22N4O5. The van der Waals surface area contributed by atoms with Gasteiger partial charge in [0.05, 0.1) is 42.2 Å². The van der Waals surface area contributed by atoms with Crippen molar-refractivity contribution in [3.05, 3.63) is 88.1 Å². The smallest absolute Gasteiger partial charge is 0.270 e. The SMILES string of the molecule is O=C(c1cc([N+](=O)[O-])ccc1N1CCOCC1)N(Cc1cccnc1)Cc1ccco1. The van der Waals surface area contributed by atoms with E-state index in [9.17, 15) is 14.9 Å². The van der Waals surface area contributed by atoms with E-state index < -0.39 is 4.92 Å². The standard InChI is InChI=1S/C22H22N4O5/c27-22(25(16-19-4-2-10-31-19)15-17-3-1-7-23-14-17)20-13-18(26(28)29)5-6-21(20)24-8-11-30-12-9-24/h1-7,10,13-14H,8-9,11-12,15-16H2. The van der Waals surface area contributed by atoms with Gasteiger partial charge >= 0.3 is 0 Å². The Labute approximate surface area is 179 Å². The molecule has 160 valence electrons. The fourth-order valence-electron chi connectivity index (χ4n) is 3.56. The molecule has 0 atom stereocenters. The van der Waals surface area contributed by atoms with E-state index in [1.54, 1.807) is 47.8 Å². The summed E-state index contributed by atoms with van der Waals surface area (Å²) in [5, 5.41) is 11.4. The Morgan fingerprint density at radius 3 is 2.68 bits per heavy atom. The van der Waals surface area contributed by atoms with Crippen LogP contribution in [0.3, 0.4) is 0 Å². The number of non-ortho nitro benzene ring substituents is 1. The lowest BCUT2D eigenvalue weighted by molar-refractivity contribution is -0.384. The van der Waals surface area contributed by atoms with Crippen molar-refractivity contribution >= 4 is 17.3 Å². The molecule has 0 spiro atoms. The molecule has 0 saturated carbocycles. The van der Waals surface area contributed by atoms with Crippen LogP contribution in [0.2, 0.25) is 0 Å². The lowest BCUT2D eigenvalue weighted by Crippen LogP contribution is -2.38. The molecule has 0 N–H and O–H groups in total. The summed E-state index contributed by atoms with van der Waals surface area (Å²) in [7, 11) is 0. The average molecular weight is 422 g/mol. The predicted molar refractivity (Wildman–Crippen MR) is 113 cm³/mol. The third-order valence-corrected chi connectivity index (χ3v) is 5.08. The van der Waals surface area contributed by atoms with Crippen LogP contribution in [-0.2, 0) is 17.8 Å². The molecule has 1 amide bonds. The number of carbonyl (C=O) groups is 1. The maximum absolute atomic E-state index is 13.7. The highest BCUT2D eigenvalue weighted by Gasteiger charge is 2.26. The summed E-state index contributed by atoms with van der Waals surface area (Å²) < 4.78 is 10.9. The molecule has 0 bridgehead atoms.